The van der Waals surface area contributed by atoms with Crippen LogP contribution < -0.4 is 0 Å². The lowest BCUT2D eigenvalue weighted by molar-refractivity contribution is -0.742. The molecule has 36 nitrogen and oxygen atoms in total. The highest BCUT2D eigenvalue weighted by molar-refractivity contribution is 4.64. The average molecular weight is 863 g/mol. The topological polar surface area (TPSA) is 658 Å². The Hall–Kier alpha value is -4.00. The maximum Gasteiger partial charge on any atom is 0.291 e. The predicted octanol–water partition coefficient (Wildman–Crippen LogP) is -12.9. The summed E-state index contributed by atoms with van der Waals surface area (Å²) in [4.78, 5) is 33.4. The van der Waals surface area contributed by atoms with Gasteiger partial charge in [-0.15, -0.1) is 40.5 Å². The van der Waals surface area contributed by atoms with Crippen LogP contribution in [0.2, 0.25) is 0 Å². The van der Waals surface area contributed by atoms with E-state index in [0.29, 0.717) is 0 Å². The van der Waals surface area contributed by atoms with Crippen LogP contribution in [-0.2, 0) is 0 Å². The lowest BCUT2D eigenvalue weighted by atomic mass is 10.2. The van der Waals surface area contributed by atoms with Gasteiger partial charge in [0, 0.05) is 0 Å². The molecule has 0 bridgehead atoms. The highest BCUT2D eigenvalue weighted by atomic mass is 16.9. The molecular weight excluding hydrogens is 808 g/mol. The van der Waals surface area contributed by atoms with E-state index >= 15 is 0 Å². The van der Waals surface area contributed by atoms with Gasteiger partial charge in [-0.05, 0) is 0 Å². The van der Waals surface area contributed by atoms with Gasteiger partial charge in [-0.25, -0.2) is 0 Å². The van der Waals surface area contributed by atoms with Crippen molar-refractivity contribution in [2.75, 3.05) is 66.1 Å². The third kappa shape index (κ3) is 92.6. The zero-order chi connectivity index (χ0) is 47.2. The Morgan fingerprint density at radius 2 is 0.286 bits per heavy atom. The fourth-order valence-corrected chi connectivity index (χ4v) is 1.22. The standard InChI is InChI=1S/5C4H10O4.4HNO3/c5*5-1-3(7)4(8)2-6;4*2-1(3)4/h5*3-8H,1-2H2;4*(H,2,3,4)/t5*3-,4+;;;;. The molecule has 0 saturated heterocycles. The zero-order valence-electron chi connectivity index (χ0n) is 28.6. The van der Waals surface area contributed by atoms with Gasteiger partial charge in [0.05, 0.1) is 66.1 Å². The third-order valence-electron chi connectivity index (χ3n) is 4.09. The Bertz CT molecular complexity index is 626. The fourth-order valence-electron chi connectivity index (χ4n) is 1.22. The fraction of sp³-hybridized carbons (Fsp3) is 1.00. The lowest BCUT2D eigenvalue weighted by Gasteiger charge is -2.10. The molecule has 0 saturated carbocycles. The van der Waals surface area contributed by atoms with Gasteiger partial charge >= 0.3 is 0 Å². The molecule has 0 heterocycles. The molecular formula is C20H54N4O32. The first-order valence-corrected chi connectivity index (χ1v) is 13.8. The molecule has 24 N–H and O–H groups in total. The summed E-state index contributed by atoms with van der Waals surface area (Å²) in [6.07, 6.45) is -12.2. The van der Waals surface area contributed by atoms with E-state index in [1.807, 2.05) is 0 Å². The van der Waals surface area contributed by atoms with Crippen LogP contribution in [-0.4, -0.2) is 270 Å². The third-order valence-corrected chi connectivity index (χ3v) is 4.09. The summed E-state index contributed by atoms with van der Waals surface area (Å²) in [6.45, 7) is -5.26. The zero-order valence-corrected chi connectivity index (χ0v) is 28.6. The van der Waals surface area contributed by atoms with Gasteiger partial charge in [0.15, 0.2) is 0 Å². The van der Waals surface area contributed by atoms with Crippen molar-refractivity contribution in [2.24, 2.45) is 0 Å². The van der Waals surface area contributed by atoms with E-state index in [-0.39, 0.29) is 0 Å². The maximum absolute atomic E-state index is 8.47. The molecule has 346 valence electrons. The number of hydrogen-bond acceptors (Lipinski definition) is 28. The van der Waals surface area contributed by atoms with Crippen molar-refractivity contribution in [2.45, 2.75) is 61.0 Å². The normalized spacial score (nSPS) is 14.6. The molecule has 0 rings (SSSR count). The van der Waals surface area contributed by atoms with E-state index in [4.69, 9.17) is 163 Å². The molecule has 0 unspecified atom stereocenters. The summed E-state index contributed by atoms with van der Waals surface area (Å²) in [5, 5.41) is 220. The molecule has 56 heavy (non-hydrogen) atoms. The van der Waals surface area contributed by atoms with Crippen molar-refractivity contribution in [3.8, 4) is 0 Å². The van der Waals surface area contributed by atoms with E-state index in [1.165, 1.54) is 0 Å². The van der Waals surface area contributed by atoms with Gasteiger partial charge in [-0.3, -0.25) is 0 Å². The molecule has 36 heteroatoms. The SMILES string of the molecule is O=[N+]([O-])O.O=[N+]([O-])O.O=[N+]([O-])O.O=[N+]([O-])O.OC[C@@H](O)[C@@H](O)CO.OC[C@@H](O)[C@@H](O)CO.OC[C@@H](O)[C@@H](O)CO.OC[C@@H](O)[C@@H](O)CO.OC[C@@H](O)[C@@H](O)CO. The molecule has 0 aromatic rings. The molecule has 0 radical (unpaired) electrons. The summed E-state index contributed by atoms with van der Waals surface area (Å²) in [5.74, 6) is 0. The highest BCUT2D eigenvalue weighted by Gasteiger charge is 2.14. The Balaban J connectivity index is -0.0000000645. The Kier molecular flexibility index (Phi) is 72.3. The molecule has 0 aliphatic heterocycles. The summed E-state index contributed by atoms with van der Waals surface area (Å²) in [5.41, 5.74) is 0. The first kappa shape index (κ1) is 73.1. The number of aliphatic hydroxyl groups excluding tert-OH is 20. The van der Waals surface area contributed by atoms with Crippen molar-refractivity contribution >= 4 is 0 Å². The minimum Gasteiger partial charge on any atom is -0.394 e. The van der Waals surface area contributed by atoms with Crippen molar-refractivity contribution in [1.82, 2.24) is 0 Å². The van der Waals surface area contributed by atoms with Crippen LogP contribution in [0, 0.1) is 40.5 Å². The largest absolute Gasteiger partial charge is 0.394 e. The molecule has 0 aromatic carbocycles. The van der Waals surface area contributed by atoms with E-state index in [1.54, 1.807) is 0 Å². The first-order valence-electron chi connectivity index (χ1n) is 13.8. The summed E-state index contributed by atoms with van der Waals surface area (Å²) >= 11 is 0. The quantitative estimate of drug-likeness (QED) is 0.0537. The van der Waals surface area contributed by atoms with Gasteiger partial charge in [0.1, 0.15) is 61.0 Å². The summed E-state index contributed by atoms with van der Waals surface area (Å²) < 4.78 is 0. The molecule has 0 aromatic heterocycles. The Morgan fingerprint density at radius 1 is 0.250 bits per heavy atom. The van der Waals surface area contributed by atoms with Crippen LogP contribution in [0.1, 0.15) is 0 Å². The summed E-state index contributed by atoms with van der Waals surface area (Å²) in [7, 11) is 0. The van der Waals surface area contributed by atoms with E-state index in [9.17, 15) is 0 Å². The van der Waals surface area contributed by atoms with Crippen LogP contribution >= 0.6 is 0 Å². The Morgan fingerprint density at radius 3 is 0.304 bits per heavy atom. The molecule has 0 amide bonds. The second kappa shape index (κ2) is 55.3. The van der Waals surface area contributed by atoms with Crippen molar-refractivity contribution in [3.63, 3.8) is 0 Å². The number of nitrogens with zero attached hydrogens (tertiary/aromatic N) is 4. The van der Waals surface area contributed by atoms with Gasteiger partial charge in [0.25, 0.3) is 20.3 Å². The van der Waals surface area contributed by atoms with Gasteiger partial charge in [0.2, 0.25) is 0 Å². The van der Waals surface area contributed by atoms with Crippen molar-refractivity contribution in [3.05, 3.63) is 40.5 Å². The predicted molar refractivity (Wildman–Crippen MR) is 166 cm³/mol. The summed E-state index contributed by atoms with van der Waals surface area (Å²) in [6, 6.07) is 0. The van der Waals surface area contributed by atoms with E-state index in [2.05, 4.69) is 0 Å². The minimum atomic E-state index is -1.50. The van der Waals surface area contributed by atoms with E-state index < -0.39 is 147 Å². The number of aliphatic hydroxyl groups is 20. The van der Waals surface area contributed by atoms with Crippen molar-refractivity contribution in [1.29, 1.82) is 0 Å². The van der Waals surface area contributed by atoms with Crippen LogP contribution in [0.3, 0.4) is 0 Å². The van der Waals surface area contributed by atoms with Gasteiger partial charge in [-0.2, -0.15) is 0 Å². The number of hydrogen-bond donors (Lipinski definition) is 24. The highest BCUT2D eigenvalue weighted by Crippen LogP contribution is 1.91. The smallest absolute Gasteiger partial charge is 0.291 e. The molecule has 0 aliphatic rings. The molecule has 0 fully saturated rings. The van der Waals surface area contributed by atoms with Crippen LogP contribution in [0.4, 0.5) is 0 Å². The second-order valence-corrected chi connectivity index (χ2v) is 8.45. The lowest BCUT2D eigenvalue weighted by Crippen LogP contribution is -2.31. The number of rotatable bonds is 15. The maximum atomic E-state index is 8.47. The van der Waals surface area contributed by atoms with Crippen LogP contribution in [0.5, 0.6) is 0 Å². The molecule has 0 spiro atoms. The second-order valence-electron chi connectivity index (χ2n) is 8.45. The monoisotopic (exact) mass is 862 g/mol. The minimum absolute atomic E-state index is 0.526. The van der Waals surface area contributed by atoms with Crippen LogP contribution in [0.15, 0.2) is 0 Å². The molecule has 0 aliphatic carbocycles. The van der Waals surface area contributed by atoms with Gasteiger partial charge < -0.3 is 123 Å². The Labute approximate surface area is 311 Å². The van der Waals surface area contributed by atoms with E-state index in [0.717, 1.165) is 0 Å². The molecule has 10 atom stereocenters. The van der Waals surface area contributed by atoms with Crippen molar-refractivity contribution < 1.29 is 143 Å². The van der Waals surface area contributed by atoms with Crippen LogP contribution in [0.25, 0.3) is 0 Å². The average Bonchev–Trinajstić information content (AvgIpc) is 3.14. The van der Waals surface area contributed by atoms with Gasteiger partial charge in [-0.1, -0.05) is 0 Å². The first-order chi connectivity index (χ1) is 25.5.